The molecule has 9 nitrogen and oxygen atoms in total. The maximum absolute atomic E-state index is 14.2. The fraction of sp³-hybridized carbons (Fsp3) is 0.250. The Morgan fingerprint density at radius 2 is 1.58 bits per heavy atom. The number of hydrogen-bond donors (Lipinski definition) is 2. The topological polar surface area (TPSA) is 104 Å². The molecule has 1 spiro atoms. The van der Waals surface area contributed by atoms with Gasteiger partial charge in [0, 0.05) is 72.1 Å². The number of amides is 3. The van der Waals surface area contributed by atoms with Crippen molar-refractivity contribution in [3.8, 4) is 11.1 Å². The number of benzene rings is 3. The van der Waals surface area contributed by atoms with Crippen molar-refractivity contribution < 1.29 is 27.9 Å². The molecule has 0 bridgehead atoms. The molecule has 5 heterocycles. The lowest BCUT2D eigenvalue weighted by Gasteiger charge is -2.53. The SMILES string of the molecule is Cc1ccc(C(=O)Nc2ccc(C(=O)N3CCc4sc(C(=O)Nc5c(F)cccc5F)cc4-c4ccccc43)cc2)c(N2CC3(CCOCC3)C2)n1. The standard InChI is InChI=1S/C40H35F2N5O4S/c1-24-9-14-28(36(43-24)46-22-40(23-46)16-19-51-20-17-40)37(48)44-26-12-10-25(11-13-26)39(50)47-18-15-33-29(27-5-2-3-8-32(27)47)21-34(52-33)38(49)45-35-30(41)6-4-7-31(35)42/h2-14,21H,15-20,22-23H2,1H3,(H,44,48)(H,45,49). The third kappa shape index (κ3) is 6.33. The number of fused-ring (bicyclic) bond motifs is 3. The number of ether oxygens (including phenoxy) is 1. The summed E-state index contributed by atoms with van der Waals surface area (Å²) in [5, 5.41) is 5.35. The summed E-state index contributed by atoms with van der Waals surface area (Å²) in [6.07, 6.45) is 2.50. The Kier molecular flexibility index (Phi) is 8.80. The molecule has 3 aliphatic rings. The van der Waals surface area contributed by atoms with Crippen LogP contribution in [0.25, 0.3) is 11.1 Å². The van der Waals surface area contributed by atoms with Crippen molar-refractivity contribution >= 4 is 51.9 Å². The number of hydrogen-bond acceptors (Lipinski definition) is 7. The van der Waals surface area contributed by atoms with Gasteiger partial charge in [-0.15, -0.1) is 11.3 Å². The fourth-order valence-electron chi connectivity index (χ4n) is 7.27. The molecule has 2 saturated heterocycles. The predicted molar refractivity (Wildman–Crippen MR) is 198 cm³/mol. The largest absolute Gasteiger partial charge is 0.381 e. The number of nitrogens with zero attached hydrogens (tertiary/aromatic N) is 3. The highest BCUT2D eigenvalue weighted by molar-refractivity contribution is 7.14. The second kappa shape index (κ2) is 13.6. The van der Waals surface area contributed by atoms with Crippen molar-refractivity contribution in [2.45, 2.75) is 26.2 Å². The molecule has 3 aromatic carbocycles. The highest BCUT2D eigenvalue weighted by atomic mass is 32.1. The van der Waals surface area contributed by atoms with Crippen LogP contribution < -0.4 is 20.4 Å². The average Bonchev–Trinajstić information content (AvgIpc) is 3.50. The number of carbonyl (C=O) groups is 3. The van der Waals surface area contributed by atoms with E-state index in [9.17, 15) is 23.2 Å². The number of para-hydroxylation sites is 2. The monoisotopic (exact) mass is 719 g/mol. The third-order valence-corrected chi connectivity index (χ3v) is 11.3. The van der Waals surface area contributed by atoms with Crippen molar-refractivity contribution in [1.29, 1.82) is 0 Å². The van der Waals surface area contributed by atoms with E-state index in [4.69, 9.17) is 9.72 Å². The Hall–Kier alpha value is -5.46. The Balaban J connectivity index is 0.974. The van der Waals surface area contributed by atoms with Gasteiger partial charge in [0.25, 0.3) is 17.7 Å². The number of thiophene rings is 1. The van der Waals surface area contributed by atoms with E-state index in [0.29, 0.717) is 46.2 Å². The summed E-state index contributed by atoms with van der Waals surface area (Å²) < 4.78 is 34.0. The Bertz CT molecular complexity index is 2190. The zero-order valence-corrected chi connectivity index (χ0v) is 29.2. The number of anilines is 4. The number of rotatable bonds is 6. The molecule has 0 radical (unpaired) electrons. The molecule has 0 unspecified atom stereocenters. The summed E-state index contributed by atoms with van der Waals surface area (Å²) in [6, 6.07) is 23.1. The van der Waals surface area contributed by atoms with Crippen LogP contribution in [0.2, 0.25) is 0 Å². The summed E-state index contributed by atoms with van der Waals surface area (Å²) in [5.41, 5.74) is 4.32. The van der Waals surface area contributed by atoms with Crippen LogP contribution in [-0.2, 0) is 11.2 Å². The predicted octanol–water partition coefficient (Wildman–Crippen LogP) is 7.72. The summed E-state index contributed by atoms with van der Waals surface area (Å²) in [5.74, 6) is -2.12. The summed E-state index contributed by atoms with van der Waals surface area (Å²) >= 11 is 1.23. The maximum Gasteiger partial charge on any atom is 0.265 e. The number of aromatic nitrogens is 1. The first-order valence-electron chi connectivity index (χ1n) is 17.2. The molecular weight excluding hydrogens is 685 g/mol. The van der Waals surface area contributed by atoms with Crippen LogP contribution in [-0.4, -0.2) is 55.6 Å². The van der Waals surface area contributed by atoms with Crippen LogP contribution in [0.3, 0.4) is 0 Å². The van der Waals surface area contributed by atoms with Crippen molar-refractivity contribution in [3.63, 3.8) is 0 Å². The smallest absolute Gasteiger partial charge is 0.265 e. The van der Waals surface area contributed by atoms with Gasteiger partial charge in [-0.3, -0.25) is 14.4 Å². The van der Waals surface area contributed by atoms with E-state index in [-0.39, 0.29) is 17.2 Å². The second-order valence-corrected chi connectivity index (χ2v) is 14.7. The zero-order chi connectivity index (χ0) is 36.0. The van der Waals surface area contributed by atoms with Gasteiger partial charge in [0.1, 0.15) is 23.1 Å². The lowest BCUT2D eigenvalue weighted by molar-refractivity contribution is -0.000519. The van der Waals surface area contributed by atoms with E-state index in [1.807, 2.05) is 43.3 Å². The molecule has 52 heavy (non-hydrogen) atoms. The van der Waals surface area contributed by atoms with Crippen LogP contribution >= 0.6 is 11.3 Å². The maximum atomic E-state index is 14.2. The van der Waals surface area contributed by atoms with Gasteiger partial charge in [-0.25, -0.2) is 13.8 Å². The van der Waals surface area contributed by atoms with E-state index in [1.54, 1.807) is 35.2 Å². The van der Waals surface area contributed by atoms with Crippen LogP contribution in [0.5, 0.6) is 0 Å². The Morgan fingerprint density at radius 1 is 0.846 bits per heavy atom. The number of halogens is 2. The van der Waals surface area contributed by atoms with Crippen LogP contribution in [0.4, 0.5) is 31.7 Å². The van der Waals surface area contributed by atoms with Crippen molar-refractivity contribution in [1.82, 2.24) is 4.98 Å². The zero-order valence-electron chi connectivity index (χ0n) is 28.4. The van der Waals surface area contributed by atoms with E-state index in [1.165, 1.54) is 17.4 Å². The minimum atomic E-state index is -0.857. The van der Waals surface area contributed by atoms with Gasteiger partial charge >= 0.3 is 0 Å². The minimum absolute atomic E-state index is 0.210. The molecule has 2 fully saturated rings. The molecule has 5 aromatic rings. The first-order valence-corrected chi connectivity index (χ1v) is 18.0. The Morgan fingerprint density at radius 3 is 2.33 bits per heavy atom. The molecule has 8 rings (SSSR count). The van der Waals surface area contributed by atoms with Crippen molar-refractivity contribution in [3.05, 3.63) is 123 Å². The second-order valence-electron chi connectivity index (χ2n) is 13.5. The van der Waals surface area contributed by atoms with Crippen molar-refractivity contribution in [2.75, 3.05) is 53.3 Å². The fourth-order valence-corrected chi connectivity index (χ4v) is 8.33. The van der Waals surface area contributed by atoms with Crippen molar-refractivity contribution in [2.24, 2.45) is 5.41 Å². The first-order chi connectivity index (χ1) is 25.2. The summed E-state index contributed by atoms with van der Waals surface area (Å²) in [6.45, 7) is 5.51. The van der Waals surface area contributed by atoms with Gasteiger partial charge in [0.05, 0.1) is 16.1 Å². The summed E-state index contributed by atoms with van der Waals surface area (Å²) in [4.78, 5) is 50.4. The number of pyridine rings is 1. The lowest BCUT2D eigenvalue weighted by Crippen LogP contribution is -2.59. The van der Waals surface area contributed by atoms with E-state index < -0.39 is 23.2 Å². The van der Waals surface area contributed by atoms with E-state index >= 15 is 0 Å². The molecule has 0 saturated carbocycles. The molecule has 2 aromatic heterocycles. The first kappa shape index (κ1) is 33.7. The molecule has 2 N–H and O–H groups in total. The average molecular weight is 720 g/mol. The lowest BCUT2D eigenvalue weighted by atomic mass is 9.73. The van der Waals surface area contributed by atoms with Crippen LogP contribution in [0.15, 0.2) is 84.9 Å². The van der Waals surface area contributed by atoms with Crippen LogP contribution in [0, 0.1) is 24.0 Å². The highest BCUT2D eigenvalue weighted by Gasteiger charge is 2.45. The molecule has 12 heteroatoms. The van der Waals surface area contributed by atoms with Gasteiger partial charge in [0.15, 0.2) is 0 Å². The number of aryl methyl sites for hydroxylation is 1. The summed E-state index contributed by atoms with van der Waals surface area (Å²) in [7, 11) is 0. The molecule has 0 atom stereocenters. The Labute approximate surface area is 303 Å². The number of carbonyl (C=O) groups excluding carboxylic acids is 3. The molecule has 264 valence electrons. The van der Waals surface area contributed by atoms with Gasteiger partial charge in [-0.2, -0.15) is 0 Å². The molecule has 3 amide bonds. The van der Waals surface area contributed by atoms with E-state index in [2.05, 4.69) is 15.5 Å². The number of nitrogens with one attached hydrogen (secondary N) is 2. The van der Waals surface area contributed by atoms with E-state index in [0.717, 1.165) is 73.0 Å². The molecule has 3 aliphatic heterocycles. The minimum Gasteiger partial charge on any atom is -0.381 e. The van der Waals surface area contributed by atoms with Gasteiger partial charge in [-0.05, 0) is 86.0 Å². The normalized spacial score (nSPS) is 16.0. The molecule has 0 aliphatic carbocycles. The highest BCUT2D eigenvalue weighted by Crippen LogP contribution is 2.43. The third-order valence-electron chi connectivity index (χ3n) is 10.1. The van der Waals surface area contributed by atoms with Crippen LogP contribution in [0.1, 0.15) is 53.8 Å². The van der Waals surface area contributed by atoms with Gasteiger partial charge in [0.2, 0.25) is 0 Å². The van der Waals surface area contributed by atoms with Gasteiger partial charge < -0.3 is 25.2 Å². The van der Waals surface area contributed by atoms with Gasteiger partial charge in [-0.1, -0.05) is 24.3 Å². The molecular formula is C40H35F2N5O4S. The quantitative estimate of drug-likeness (QED) is 0.186.